The van der Waals surface area contributed by atoms with E-state index in [0.29, 0.717) is 5.56 Å². The van der Waals surface area contributed by atoms with Crippen LogP contribution >= 0.6 is 0 Å². The second-order valence-corrected chi connectivity index (χ2v) is 3.66. The van der Waals surface area contributed by atoms with Gasteiger partial charge in [0.2, 0.25) is 0 Å². The Kier molecular flexibility index (Phi) is 2.71. The lowest BCUT2D eigenvalue weighted by Crippen LogP contribution is -2.05. The van der Waals surface area contributed by atoms with Crippen LogP contribution in [0, 0.1) is 0 Å². The van der Waals surface area contributed by atoms with E-state index in [4.69, 9.17) is 4.74 Å². The predicted molar refractivity (Wildman–Crippen MR) is 49.8 cm³/mol. The molecule has 1 aliphatic rings. The SMILES string of the molecule is O=C1COC(c2ccc(C(F)(F)F)cc2)C1. The lowest BCUT2D eigenvalue weighted by molar-refractivity contribution is -0.137. The largest absolute Gasteiger partial charge is 0.416 e. The second-order valence-electron chi connectivity index (χ2n) is 3.66. The highest BCUT2D eigenvalue weighted by Crippen LogP contribution is 2.32. The Labute approximate surface area is 90.0 Å². The molecule has 1 atom stereocenters. The lowest BCUT2D eigenvalue weighted by atomic mass is 10.0. The molecule has 1 aromatic carbocycles. The highest BCUT2D eigenvalue weighted by molar-refractivity contribution is 5.82. The van der Waals surface area contributed by atoms with Gasteiger partial charge in [0, 0.05) is 6.42 Å². The first kappa shape index (κ1) is 11.1. The van der Waals surface area contributed by atoms with Crippen molar-refractivity contribution in [3.8, 4) is 0 Å². The maximum Gasteiger partial charge on any atom is 0.416 e. The summed E-state index contributed by atoms with van der Waals surface area (Å²) in [5.41, 5.74) is -0.0839. The predicted octanol–water partition coefficient (Wildman–Crippen LogP) is 2.74. The van der Waals surface area contributed by atoms with Gasteiger partial charge < -0.3 is 4.74 Å². The van der Waals surface area contributed by atoms with Gasteiger partial charge in [0.1, 0.15) is 6.61 Å². The molecule has 2 rings (SSSR count). The maximum absolute atomic E-state index is 12.3. The summed E-state index contributed by atoms with van der Waals surface area (Å²) in [7, 11) is 0. The van der Waals surface area contributed by atoms with E-state index in [-0.39, 0.29) is 18.8 Å². The smallest absolute Gasteiger partial charge is 0.365 e. The maximum atomic E-state index is 12.3. The van der Waals surface area contributed by atoms with Crippen molar-refractivity contribution >= 4 is 5.78 Å². The number of alkyl halides is 3. The first-order chi connectivity index (χ1) is 7.47. The lowest BCUT2D eigenvalue weighted by Gasteiger charge is -2.11. The average Bonchev–Trinajstić information content (AvgIpc) is 2.64. The van der Waals surface area contributed by atoms with Crippen LogP contribution in [0.5, 0.6) is 0 Å². The highest BCUT2D eigenvalue weighted by Gasteiger charge is 2.31. The zero-order valence-corrected chi connectivity index (χ0v) is 8.25. The minimum Gasteiger partial charge on any atom is -0.365 e. The van der Waals surface area contributed by atoms with Gasteiger partial charge in [-0.05, 0) is 17.7 Å². The van der Waals surface area contributed by atoms with Crippen molar-refractivity contribution < 1.29 is 22.7 Å². The fourth-order valence-electron chi connectivity index (χ4n) is 1.62. The van der Waals surface area contributed by atoms with E-state index in [1.807, 2.05) is 0 Å². The molecule has 0 aliphatic carbocycles. The molecule has 0 N–H and O–H groups in total. The Balaban J connectivity index is 2.17. The minimum absolute atomic E-state index is 0.0232. The summed E-state index contributed by atoms with van der Waals surface area (Å²) >= 11 is 0. The van der Waals surface area contributed by atoms with Gasteiger partial charge in [0.05, 0.1) is 11.7 Å². The van der Waals surface area contributed by atoms with Crippen molar-refractivity contribution in [2.75, 3.05) is 6.61 Å². The summed E-state index contributed by atoms with van der Waals surface area (Å²) in [6.07, 6.45) is -4.48. The number of carbonyl (C=O) groups is 1. The Hall–Kier alpha value is -1.36. The first-order valence-electron chi connectivity index (χ1n) is 4.77. The fraction of sp³-hybridized carbons (Fsp3) is 0.364. The van der Waals surface area contributed by atoms with Crippen LogP contribution in [0.1, 0.15) is 23.7 Å². The molecule has 0 saturated carbocycles. The Morgan fingerprint density at radius 3 is 2.25 bits per heavy atom. The number of ether oxygens (including phenoxy) is 1. The van der Waals surface area contributed by atoms with E-state index < -0.39 is 17.8 Å². The van der Waals surface area contributed by atoms with Crippen LogP contribution in [0.25, 0.3) is 0 Å². The van der Waals surface area contributed by atoms with Gasteiger partial charge in [-0.2, -0.15) is 13.2 Å². The Bertz CT molecular complexity index is 395. The molecule has 86 valence electrons. The summed E-state index contributed by atoms with van der Waals surface area (Å²) in [4.78, 5) is 10.9. The first-order valence-corrected chi connectivity index (χ1v) is 4.77. The van der Waals surface area contributed by atoms with Crippen LogP contribution in [0.4, 0.5) is 13.2 Å². The van der Waals surface area contributed by atoms with Crippen molar-refractivity contribution in [2.45, 2.75) is 18.7 Å². The second kappa shape index (κ2) is 3.90. The van der Waals surface area contributed by atoms with E-state index >= 15 is 0 Å². The molecule has 1 fully saturated rings. The molecule has 2 nitrogen and oxygen atoms in total. The van der Waals surface area contributed by atoms with Gasteiger partial charge in [-0.15, -0.1) is 0 Å². The van der Waals surface area contributed by atoms with Crippen molar-refractivity contribution in [2.24, 2.45) is 0 Å². The number of hydrogen-bond donors (Lipinski definition) is 0. The number of ketones is 1. The van der Waals surface area contributed by atoms with E-state index in [0.717, 1.165) is 12.1 Å². The zero-order chi connectivity index (χ0) is 11.8. The summed E-state index contributed by atoms with van der Waals surface area (Å²) in [6, 6.07) is 4.71. The monoisotopic (exact) mass is 230 g/mol. The molecule has 1 heterocycles. The third-order valence-electron chi connectivity index (χ3n) is 2.47. The van der Waals surface area contributed by atoms with Gasteiger partial charge in [-0.1, -0.05) is 12.1 Å². The molecule has 0 radical (unpaired) electrons. The molecule has 0 aromatic heterocycles. The van der Waals surface area contributed by atoms with E-state index in [2.05, 4.69) is 0 Å². The van der Waals surface area contributed by atoms with Crippen LogP contribution < -0.4 is 0 Å². The third-order valence-corrected chi connectivity index (χ3v) is 2.47. The highest BCUT2D eigenvalue weighted by atomic mass is 19.4. The van der Waals surface area contributed by atoms with Crippen molar-refractivity contribution in [3.05, 3.63) is 35.4 Å². The summed E-state index contributed by atoms with van der Waals surface area (Å²) in [6.45, 7) is 0.0473. The van der Waals surface area contributed by atoms with Gasteiger partial charge >= 0.3 is 6.18 Å². The van der Waals surface area contributed by atoms with Crippen LogP contribution in [-0.2, 0) is 15.7 Å². The van der Waals surface area contributed by atoms with Crippen molar-refractivity contribution in [1.82, 2.24) is 0 Å². The van der Waals surface area contributed by atoms with Crippen LogP contribution in [0.15, 0.2) is 24.3 Å². The Morgan fingerprint density at radius 1 is 1.19 bits per heavy atom. The summed E-state index contributed by atoms with van der Waals surface area (Å²) in [5.74, 6) is -0.0232. The number of Topliss-reactive ketones (excluding diaryl/α,β-unsaturated/α-hetero) is 1. The van der Waals surface area contributed by atoms with Gasteiger partial charge in [-0.3, -0.25) is 4.79 Å². The fourth-order valence-corrected chi connectivity index (χ4v) is 1.62. The zero-order valence-electron chi connectivity index (χ0n) is 8.25. The number of rotatable bonds is 1. The average molecular weight is 230 g/mol. The van der Waals surface area contributed by atoms with E-state index in [1.54, 1.807) is 0 Å². The Morgan fingerprint density at radius 2 is 1.81 bits per heavy atom. The molecule has 1 saturated heterocycles. The number of carbonyl (C=O) groups excluding carboxylic acids is 1. The minimum atomic E-state index is -4.33. The molecule has 1 aromatic rings. The molecule has 1 unspecified atom stereocenters. The van der Waals surface area contributed by atoms with Crippen LogP contribution in [0.3, 0.4) is 0 Å². The molecule has 1 aliphatic heterocycles. The molecule has 0 bridgehead atoms. The van der Waals surface area contributed by atoms with Crippen molar-refractivity contribution in [3.63, 3.8) is 0 Å². The molecule has 0 amide bonds. The number of hydrogen-bond acceptors (Lipinski definition) is 2. The normalized spacial score (nSPS) is 21.4. The third kappa shape index (κ3) is 2.24. The van der Waals surface area contributed by atoms with E-state index in [1.165, 1.54) is 12.1 Å². The van der Waals surface area contributed by atoms with Crippen molar-refractivity contribution in [1.29, 1.82) is 0 Å². The van der Waals surface area contributed by atoms with E-state index in [9.17, 15) is 18.0 Å². The van der Waals surface area contributed by atoms with Gasteiger partial charge in [0.25, 0.3) is 0 Å². The molecular formula is C11H9F3O2. The summed E-state index contributed by atoms with van der Waals surface area (Å²) < 4.78 is 42.0. The van der Waals surface area contributed by atoms with Crippen LogP contribution in [0.2, 0.25) is 0 Å². The standard InChI is InChI=1S/C11H9F3O2/c12-11(13,14)8-3-1-7(2-4-8)10-5-9(15)6-16-10/h1-4,10H,5-6H2. The van der Waals surface area contributed by atoms with Crippen LogP contribution in [-0.4, -0.2) is 12.4 Å². The van der Waals surface area contributed by atoms with Gasteiger partial charge in [0.15, 0.2) is 5.78 Å². The number of halogens is 3. The quantitative estimate of drug-likeness (QED) is 0.741. The van der Waals surface area contributed by atoms with Gasteiger partial charge in [-0.25, -0.2) is 0 Å². The molecule has 16 heavy (non-hydrogen) atoms. The summed E-state index contributed by atoms with van der Waals surface area (Å²) in [5, 5.41) is 0. The number of benzene rings is 1. The topological polar surface area (TPSA) is 26.3 Å². The molecule has 0 spiro atoms. The molecular weight excluding hydrogens is 221 g/mol. The molecule has 5 heteroatoms.